The zero-order valence-electron chi connectivity index (χ0n) is 6.46. The quantitative estimate of drug-likeness (QED) is 0.407. The van der Waals surface area contributed by atoms with Gasteiger partial charge in [-0.1, -0.05) is 0 Å². The van der Waals surface area contributed by atoms with Gasteiger partial charge in [0, 0.05) is 13.8 Å². The molecule has 1 atom stereocenters. The Hall–Kier alpha value is 0.110. The van der Waals surface area contributed by atoms with Crippen molar-refractivity contribution in [2.45, 2.75) is 0 Å². The fourth-order valence-corrected chi connectivity index (χ4v) is 0.750. The SMILES string of the molecule is COP(C)OCNC(=O)CCl. The molecule has 0 heterocycles. The average molecular weight is 200 g/mol. The molecular formula is C5H11ClNO3P. The van der Waals surface area contributed by atoms with Gasteiger partial charge in [0.15, 0.2) is 8.38 Å². The molecule has 0 spiro atoms. The minimum Gasteiger partial charge on any atom is -0.338 e. The van der Waals surface area contributed by atoms with Crippen molar-refractivity contribution in [1.82, 2.24) is 5.32 Å². The normalized spacial score (nSPS) is 12.6. The van der Waals surface area contributed by atoms with E-state index in [1.807, 2.05) is 0 Å². The molecule has 0 aromatic heterocycles. The number of carbonyl (C=O) groups excluding carboxylic acids is 1. The monoisotopic (exact) mass is 199 g/mol. The van der Waals surface area contributed by atoms with Crippen molar-refractivity contribution in [1.29, 1.82) is 0 Å². The van der Waals surface area contributed by atoms with Crippen LogP contribution in [0.2, 0.25) is 0 Å². The topological polar surface area (TPSA) is 47.6 Å². The number of hydrogen-bond acceptors (Lipinski definition) is 3. The van der Waals surface area contributed by atoms with Crippen molar-refractivity contribution >= 4 is 25.9 Å². The molecule has 0 aliphatic rings. The fraction of sp³-hybridized carbons (Fsp3) is 0.800. The van der Waals surface area contributed by atoms with Crippen LogP contribution in [0.4, 0.5) is 0 Å². The number of carbonyl (C=O) groups is 1. The van der Waals surface area contributed by atoms with Crippen molar-refractivity contribution in [3.05, 3.63) is 0 Å². The van der Waals surface area contributed by atoms with Gasteiger partial charge >= 0.3 is 0 Å². The van der Waals surface area contributed by atoms with Crippen molar-refractivity contribution in [3.63, 3.8) is 0 Å². The maximum Gasteiger partial charge on any atom is 0.236 e. The van der Waals surface area contributed by atoms with Gasteiger partial charge < -0.3 is 14.4 Å². The second-order valence-electron chi connectivity index (χ2n) is 1.63. The van der Waals surface area contributed by atoms with Gasteiger partial charge in [0.25, 0.3) is 0 Å². The highest BCUT2D eigenvalue weighted by atomic mass is 35.5. The minimum atomic E-state index is -0.872. The van der Waals surface area contributed by atoms with Crippen LogP contribution in [0.1, 0.15) is 0 Å². The lowest BCUT2D eigenvalue weighted by Crippen LogP contribution is -2.26. The summed E-state index contributed by atoms with van der Waals surface area (Å²) in [7, 11) is 0.679. The number of hydrogen-bond donors (Lipinski definition) is 1. The summed E-state index contributed by atoms with van der Waals surface area (Å²) < 4.78 is 9.84. The molecule has 0 aromatic rings. The van der Waals surface area contributed by atoms with Gasteiger partial charge in [0.2, 0.25) is 5.91 Å². The molecule has 6 heteroatoms. The Morgan fingerprint density at radius 1 is 1.73 bits per heavy atom. The van der Waals surface area contributed by atoms with Crippen molar-refractivity contribution in [2.24, 2.45) is 0 Å². The molecule has 1 amide bonds. The molecule has 66 valence electrons. The molecule has 0 aliphatic carbocycles. The van der Waals surface area contributed by atoms with Crippen LogP contribution < -0.4 is 5.32 Å². The molecule has 0 rings (SSSR count). The molecule has 1 unspecified atom stereocenters. The van der Waals surface area contributed by atoms with Crippen LogP contribution >= 0.6 is 20.0 Å². The molecule has 0 aromatic carbocycles. The second kappa shape index (κ2) is 6.80. The van der Waals surface area contributed by atoms with E-state index in [-0.39, 0.29) is 18.5 Å². The highest BCUT2D eigenvalue weighted by molar-refractivity contribution is 7.46. The van der Waals surface area contributed by atoms with Crippen LogP contribution in [0.25, 0.3) is 0 Å². The molecular weight excluding hydrogens is 188 g/mol. The van der Waals surface area contributed by atoms with Gasteiger partial charge in [-0.15, -0.1) is 11.6 Å². The van der Waals surface area contributed by atoms with Gasteiger partial charge in [-0.2, -0.15) is 0 Å². The third-order valence-electron chi connectivity index (χ3n) is 0.894. The van der Waals surface area contributed by atoms with E-state index in [4.69, 9.17) is 20.6 Å². The van der Waals surface area contributed by atoms with E-state index in [1.54, 1.807) is 13.8 Å². The summed E-state index contributed by atoms with van der Waals surface area (Å²) in [6.07, 6.45) is 0. The lowest BCUT2D eigenvalue weighted by atomic mass is 10.7. The van der Waals surface area contributed by atoms with E-state index >= 15 is 0 Å². The van der Waals surface area contributed by atoms with E-state index in [0.29, 0.717) is 0 Å². The Balaban J connectivity index is 3.20. The van der Waals surface area contributed by atoms with Crippen molar-refractivity contribution in [2.75, 3.05) is 26.4 Å². The largest absolute Gasteiger partial charge is 0.338 e. The van der Waals surface area contributed by atoms with E-state index in [0.717, 1.165) is 0 Å². The predicted molar refractivity (Wildman–Crippen MR) is 44.7 cm³/mol. The van der Waals surface area contributed by atoms with E-state index in [9.17, 15) is 4.79 Å². The molecule has 0 fully saturated rings. The number of rotatable bonds is 5. The molecule has 0 radical (unpaired) electrons. The maximum atomic E-state index is 10.5. The summed E-state index contributed by atoms with van der Waals surface area (Å²) in [5.74, 6) is -0.288. The van der Waals surface area contributed by atoms with Crippen molar-refractivity contribution in [3.8, 4) is 0 Å². The third kappa shape index (κ3) is 6.51. The summed E-state index contributed by atoms with van der Waals surface area (Å²) in [4.78, 5) is 10.5. The number of halogens is 1. The van der Waals surface area contributed by atoms with Gasteiger partial charge in [-0.25, -0.2) is 0 Å². The Morgan fingerprint density at radius 3 is 2.82 bits per heavy atom. The van der Waals surface area contributed by atoms with Crippen LogP contribution in [0, 0.1) is 0 Å². The standard InChI is InChI=1S/C5H11ClNO3P/c1-9-11(2)10-4-7-5(8)3-6/h3-4H2,1-2H3,(H,7,8). The summed E-state index contributed by atoms with van der Waals surface area (Å²) in [6, 6.07) is 0. The first kappa shape index (κ1) is 11.1. The summed E-state index contributed by atoms with van der Waals surface area (Å²) >= 11 is 5.21. The first-order valence-corrected chi connectivity index (χ1v) is 5.10. The molecule has 1 N–H and O–H groups in total. The number of amides is 1. The molecule has 4 nitrogen and oxygen atoms in total. The first-order valence-electron chi connectivity index (χ1n) is 2.94. The Morgan fingerprint density at radius 2 is 2.36 bits per heavy atom. The van der Waals surface area contributed by atoms with Crippen LogP contribution in [-0.4, -0.2) is 32.3 Å². The highest BCUT2D eigenvalue weighted by Crippen LogP contribution is 2.30. The second-order valence-corrected chi connectivity index (χ2v) is 3.40. The van der Waals surface area contributed by atoms with Gasteiger partial charge in [0.1, 0.15) is 12.6 Å². The zero-order chi connectivity index (χ0) is 8.69. The lowest BCUT2D eigenvalue weighted by molar-refractivity contribution is -0.119. The predicted octanol–water partition coefficient (Wildman–Crippen LogP) is 0.904. The maximum absolute atomic E-state index is 10.5. The van der Waals surface area contributed by atoms with E-state index in [1.165, 1.54) is 0 Å². The number of nitrogens with one attached hydrogen (secondary N) is 1. The first-order chi connectivity index (χ1) is 5.20. The molecule has 11 heavy (non-hydrogen) atoms. The summed E-state index contributed by atoms with van der Waals surface area (Å²) in [5, 5.41) is 2.44. The van der Waals surface area contributed by atoms with E-state index in [2.05, 4.69) is 5.32 Å². The molecule has 0 bridgehead atoms. The fourth-order valence-electron chi connectivity index (χ4n) is 0.304. The molecule has 0 saturated carbocycles. The third-order valence-corrected chi connectivity index (χ3v) is 2.14. The van der Waals surface area contributed by atoms with Gasteiger partial charge in [-0.3, -0.25) is 4.79 Å². The number of alkyl halides is 1. The van der Waals surface area contributed by atoms with E-state index < -0.39 is 8.38 Å². The molecule has 0 saturated heterocycles. The van der Waals surface area contributed by atoms with Gasteiger partial charge in [-0.05, 0) is 0 Å². The smallest absolute Gasteiger partial charge is 0.236 e. The Bertz CT molecular complexity index is 124. The van der Waals surface area contributed by atoms with Crippen LogP contribution in [0.5, 0.6) is 0 Å². The Labute approximate surface area is 72.1 Å². The van der Waals surface area contributed by atoms with Crippen molar-refractivity contribution < 1.29 is 13.8 Å². The highest BCUT2D eigenvalue weighted by Gasteiger charge is 2.00. The van der Waals surface area contributed by atoms with Crippen LogP contribution in [0.15, 0.2) is 0 Å². The average Bonchev–Trinajstić information content (AvgIpc) is 2.04. The summed E-state index contributed by atoms with van der Waals surface area (Å²) in [5.41, 5.74) is 0. The zero-order valence-corrected chi connectivity index (χ0v) is 8.11. The molecule has 0 aliphatic heterocycles. The van der Waals surface area contributed by atoms with Gasteiger partial charge in [0.05, 0.1) is 0 Å². The lowest BCUT2D eigenvalue weighted by Gasteiger charge is -2.09. The summed E-state index contributed by atoms with van der Waals surface area (Å²) in [6.45, 7) is 1.95. The van der Waals surface area contributed by atoms with Crippen LogP contribution in [0.3, 0.4) is 0 Å². The van der Waals surface area contributed by atoms with Crippen LogP contribution in [-0.2, 0) is 13.8 Å². The minimum absolute atomic E-state index is 0.0437. The Kier molecular flexibility index (Phi) is 6.87.